The van der Waals surface area contributed by atoms with Gasteiger partial charge in [-0.05, 0) is 22.6 Å². The van der Waals surface area contributed by atoms with E-state index in [1.54, 1.807) is 0 Å². The summed E-state index contributed by atoms with van der Waals surface area (Å²) in [5.74, 6) is -0.825. The van der Waals surface area contributed by atoms with Gasteiger partial charge in [-0.2, -0.15) is 0 Å². The summed E-state index contributed by atoms with van der Waals surface area (Å²) < 4.78 is 39.3. The van der Waals surface area contributed by atoms with Gasteiger partial charge in [-0.1, -0.05) is 15.9 Å². The Labute approximate surface area is 115 Å². The Morgan fingerprint density at radius 3 is 2.59 bits per heavy atom. The lowest BCUT2D eigenvalue weighted by atomic mass is 10.2. The van der Waals surface area contributed by atoms with Gasteiger partial charge < -0.3 is 4.74 Å². The van der Waals surface area contributed by atoms with Gasteiger partial charge in [-0.25, -0.2) is 4.98 Å². The Morgan fingerprint density at radius 1 is 1.59 bits per heavy atom. The summed E-state index contributed by atoms with van der Waals surface area (Å²) in [6, 6.07) is 0. The van der Waals surface area contributed by atoms with Crippen LogP contribution in [0, 0.1) is 13.7 Å². The molecule has 1 aromatic heterocycles. The van der Waals surface area contributed by atoms with Crippen LogP contribution in [0.2, 0.25) is 0 Å². The largest absolute Gasteiger partial charge is 0.574 e. The van der Waals surface area contributed by atoms with E-state index < -0.39 is 22.9 Å². The molecule has 0 aliphatic heterocycles. The highest BCUT2D eigenvalue weighted by atomic mass is 127. The highest BCUT2D eigenvalue weighted by Crippen LogP contribution is 2.34. The van der Waals surface area contributed by atoms with E-state index in [-0.39, 0.29) is 14.5 Å². The molecule has 0 aromatic carbocycles. The summed E-state index contributed by atoms with van der Waals surface area (Å²) in [6.45, 7) is 0. The van der Waals surface area contributed by atoms with Crippen LogP contribution in [-0.2, 0) is 5.33 Å². The molecule has 0 spiro atoms. The molecule has 0 saturated carbocycles. The fraction of sp³-hybridized carbons (Fsp3) is 0.286. The molecule has 0 unspecified atom stereocenters. The Morgan fingerprint density at radius 2 is 2.18 bits per heavy atom. The number of ether oxygens (including phenoxy) is 1. The first kappa shape index (κ1) is 14.4. The molecule has 0 aliphatic rings. The molecule has 0 saturated heterocycles. The third kappa shape index (κ3) is 3.66. The topological polar surface area (TPSA) is 65.3 Å². The molecular formula is C7H3BrF3IN2O3. The molecule has 0 amide bonds. The van der Waals surface area contributed by atoms with Crippen LogP contribution in [-0.4, -0.2) is 16.3 Å². The first-order chi connectivity index (χ1) is 7.76. The van der Waals surface area contributed by atoms with Gasteiger partial charge in [0.2, 0.25) is 5.88 Å². The summed E-state index contributed by atoms with van der Waals surface area (Å²) in [5.41, 5.74) is -0.273. The summed E-state index contributed by atoms with van der Waals surface area (Å²) in [4.78, 5) is 13.4. The lowest BCUT2D eigenvalue weighted by molar-refractivity contribution is -0.386. The summed E-state index contributed by atoms with van der Waals surface area (Å²) >= 11 is 4.38. The number of halogens is 5. The van der Waals surface area contributed by atoms with Gasteiger partial charge in [0.1, 0.15) is 0 Å². The summed E-state index contributed by atoms with van der Waals surface area (Å²) in [6.07, 6.45) is -3.97. The number of alkyl halides is 4. The van der Waals surface area contributed by atoms with E-state index in [1.807, 2.05) is 0 Å². The van der Waals surface area contributed by atoms with Gasteiger partial charge in [-0.3, -0.25) is 10.1 Å². The number of pyridine rings is 1. The zero-order valence-electron chi connectivity index (χ0n) is 7.79. The van der Waals surface area contributed by atoms with Gasteiger partial charge >= 0.3 is 6.36 Å². The van der Waals surface area contributed by atoms with E-state index in [0.717, 1.165) is 6.20 Å². The van der Waals surface area contributed by atoms with Crippen molar-refractivity contribution in [1.29, 1.82) is 0 Å². The summed E-state index contributed by atoms with van der Waals surface area (Å²) in [7, 11) is 0. The van der Waals surface area contributed by atoms with E-state index in [9.17, 15) is 23.3 Å². The van der Waals surface area contributed by atoms with Crippen LogP contribution in [0.5, 0.6) is 5.88 Å². The molecule has 1 aromatic rings. The molecule has 0 radical (unpaired) electrons. The lowest BCUT2D eigenvalue weighted by Crippen LogP contribution is -2.19. The normalized spacial score (nSPS) is 11.4. The summed E-state index contributed by atoms with van der Waals surface area (Å²) in [5, 5.41) is 10.8. The van der Waals surface area contributed by atoms with Gasteiger partial charge in [0.15, 0.2) is 3.57 Å². The highest BCUT2D eigenvalue weighted by Gasteiger charge is 2.35. The number of hydrogen-bond acceptors (Lipinski definition) is 4. The second-order valence-electron chi connectivity index (χ2n) is 2.69. The molecule has 0 aliphatic carbocycles. The molecule has 94 valence electrons. The fourth-order valence-electron chi connectivity index (χ4n) is 0.973. The molecular weight excluding hydrogens is 424 g/mol. The molecule has 17 heavy (non-hydrogen) atoms. The maximum Gasteiger partial charge on any atom is 0.574 e. The van der Waals surface area contributed by atoms with Gasteiger partial charge in [-0.15, -0.1) is 13.2 Å². The van der Waals surface area contributed by atoms with Crippen LogP contribution in [0.25, 0.3) is 0 Å². The van der Waals surface area contributed by atoms with E-state index in [1.165, 1.54) is 22.6 Å². The molecule has 0 fully saturated rings. The van der Waals surface area contributed by atoms with Crippen LogP contribution >= 0.6 is 38.5 Å². The smallest absolute Gasteiger partial charge is 0.386 e. The van der Waals surface area contributed by atoms with Crippen LogP contribution < -0.4 is 4.74 Å². The van der Waals surface area contributed by atoms with Crippen LogP contribution in [0.15, 0.2) is 6.20 Å². The zero-order valence-corrected chi connectivity index (χ0v) is 11.5. The van der Waals surface area contributed by atoms with Crippen molar-refractivity contribution in [3.8, 4) is 5.88 Å². The Kier molecular flexibility index (Phi) is 4.52. The number of nitrogens with zero attached hydrogens (tertiary/aromatic N) is 2. The molecule has 10 heteroatoms. The quantitative estimate of drug-likeness (QED) is 0.321. The zero-order chi connectivity index (χ0) is 13.2. The van der Waals surface area contributed by atoms with Crippen molar-refractivity contribution in [2.75, 3.05) is 0 Å². The maximum atomic E-state index is 12.0. The van der Waals surface area contributed by atoms with Gasteiger partial charge in [0.25, 0.3) is 5.69 Å². The second-order valence-corrected chi connectivity index (χ2v) is 4.33. The van der Waals surface area contributed by atoms with Crippen molar-refractivity contribution in [1.82, 2.24) is 4.98 Å². The maximum absolute atomic E-state index is 12.0. The van der Waals surface area contributed by atoms with Crippen LogP contribution in [0.3, 0.4) is 0 Å². The van der Waals surface area contributed by atoms with Crippen molar-refractivity contribution in [2.24, 2.45) is 0 Å². The van der Waals surface area contributed by atoms with Crippen molar-refractivity contribution in [3.05, 3.63) is 25.4 Å². The number of rotatable bonds is 3. The van der Waals surface area contributed by atoms with Crippen molar-refractivity contribution < 1.29 is 22.8 Å². The molecule has 0 atom stereocenters. The predicted octanol–water partition coefficient (Wildman–Crippen LogP) is 3.39. The Bertz CT molecular complexity index is 455. The first-order valence-electron chi connectivity index (χ1n) is 3.89. The molecule has 0 bridgehead atoms. The van der Waals surface area contributed by atoms with E-state index in [0.29, 0.717) is 0 Å². The standard InChI is InChI=1S/C7H3BrF3IN2O3/c8-1-3-2-13-6(17-7(9,10)11)4(12)5(3)14(15)16/h2H,1H2. The van der Waals surface area contributed by atoms with Crippen molar-refractivity contribution in [2.45, 2.75) is 11.7 Å². The molecule has 0 N–H and O–H groups in total. The predicted molar refractivity (Wildman–Crippen MR) is 62.9 cm³/mol. The molecule has 1 rings (SSSR count). The first-order valence-corrected chi connectivity index (χ1v) is 6.09. The van der Waals surface area contributed by atoms with Crippen molar-refractivity contribution in [3.63, 3.8) is 0 Å². The van der Waals surface area contributed by atoms with Crippen LogP contribution in [0.4, 0.5) is 18.9 Å². The fourth-order valence-corrected chi connectivity index (χ4v) is 2.18. The Balaban J connectivity index is 3.28. The lowest BCUT2D eigenvalue weighted by Gasteiger charge is -2.10. The van der Waals surface area contributed by atoms with Crippen molar-refractivity contribution >= 4 is 44.2 Å². The number of hydrogen-bond donors (Lipinski definition) is 0. The van der Waals surface area contributed by atoms with Gasteiger partial charge in [0, 0.05) is 11.5 Å². The molecule has 1 heterocycles. The number of nitro groups is 1. The second kappa shape index (κ2) is 5.33. The SMILES string of the molecule is O=[N+]([O-])c1c(CBr)cnc(OC(F)(F)F)c1I. The van der Waals surface area contributed by atoms with E-state index in [4.69, 9.17) is 0 Å². The number of aromatic nitrogens is 1. The highest BCUT2D eigenvalue weighted by molar-refractivity contribution is 14.1. The van der Waals surface area contributed by atoms with E-state index >= 15 is 0 Å². The van der Waals surface area contributed by atoms with Gasteiger partial charge in [0.05, 0.1) is 10.5 Å². The minimum Gasteiger partial charge on any atom is -0.386 e. The average Bonchev–Trinajstić information content (AvgIpc) is 2.18. The Hall–Kier alpha value is -0.650. The molecule has 5 nitrogen and oxygen atoms in total. The minimum atomic E-state index is -4.93. The minimum absolute atomic E-state index is 0.110. The monoisotopic (exact) mass is 426 g/mol. The average molecular weight is 427 g/mol. The third-order valence-corrected chi connectivity index (χ3v) is 3.15. The van der Waals surface area contributed by atoms with E-state index in [2.05, 4.69) is 25.7 Å². The third-order valence-electron chi connectivity index (χ3n) is 1.58. The van der Waals surface area contributed by atoms with Crippen LogP contribution in [0.1, 0.15) is 5.56 Å².